The Bertz CT molecular complexity index is 284. The van der Waals surface area contributed by atoms with E-state index in [4.69, 9.17) is 9.47 Å². The summed E-state index contributed by atoms with van der Waals surface area (Å²) in [5, 5.41) is 0. The molecule has 0 spiro atoms. The highest BCUT2D eigenvalue weighted by Gasteiger charge is 2.26. The van der Waals surface area contributed by atoms with Gasteiger partial charge in [0.2, 0.25) is 0 Å². The van der Waals surface area contributed by atoms with E-state index in [-0.39, 0.29) is 18.3 Å². The van der Waals surface area contributed by atoms with Gasteiger partial charge in [-0.1, -0.05) is 30.3 Å². The monoisotopic (exact) mass is 192 g/mol. The van der Waals surface area contributed by atoms with E-state index >= 15 is 0 Å². The molecular weight excluding hydrogens is 176 g/mol. The summed E-state index contributed by atoms with van der Waals surface area (Å²) in [4.78, 5) is 0. The van der Waals surface area contributed by atoms with E-state index < -0.39 is 0 Å². The fourth-order valence-electron chi connectivity index (χ4n) is 1.63. The lowest BCUT2D eigenvalue weighted by atomic mass is 10.1. The predicted molar refractivity (Wildman–Crippen MR) is 55.1 cm³/mol. The first kappa shape index (κ1) is 9.69. The van der Waals surface area contributed by atoms with Gasteiger partial charge >= 0.3 is 0 Å². The average molecular weight is 192 g/mol. The average Bonchev–Trinajstić information content (AvgIpc) is 2.23. The van der Waals surface area contributed by atoms with Crippen molar-refractivity contribution in [2.24, 2.45) is 0 Å². The molecule has 1 saturated heterocycles. The van der Waals surface area contributed by atoms with Crippen molar-refractivity contribution < 1.29 is 9.47 Å². The van der Waals surface area contributed by atoms with Crippen LogP contribution in [-0.4, -0.2) is 18.8 Å². The molecule has 1 aromatic carbocycles. The highest BCUT2D eigenvalue weighted by atomic mass is 16.6. The van der Waals surface area contributed by atoms with Gasteiger partial charge in [-0.3, -0.25) is 0 Å². The number of ether oxygens (including phenoxy) is 2. The molecule has 0 N–H and O–H groups in total. The minimum Gasteiger partial charge on any atom is -0.373 e. The zero-order valence-corrected chi connectivity index (χ0v) is 8.64. The molecule has 76 valence electrons. The summed E-state index contributed by atoms with van der Waals surface area (Å²) in [5.74, 6) is 0. The fourth-order valence-corrected chi connectivity index (χ4v) is 1.63. The van der Waals surface area contributed by atoms with Crippen LogP contribution in [0.3, 0.4) is 0 Å². The molecule has 0 aliphatic carbocycles. The largest absolute Gasteiger partial charge is 0.373 e. The second kappa shape index (κ2) is 4.11. The molecule has 0 aromatic heterocycles. The van der Waals surface area contributed by atoms with E-state index in [9.17, 15) is 0 Å². The Kier molecular flexibility index (Phi) is 2.85. The Labute approximate surface area is 84.8 Å². The quantitative estimate of drug-likeness (QED) is 0.680. The van der Waals surface area contributed by atoms with E-state index in [2.05, 4.69) is 19.1 Å². The number of hydrogen-bond donors (Lipinski definition) is 0. The first-order valence-corrected chi connectivity index (χ1v) is 5.09. The molecule has 1 aromatic rings. The van der Waals surface area contributed by atoms with Crippen molar-refractivity contribution in [2.45, 2.75) is 32.2 Å². The Morgan fingerprint density at radius 2 is 1.79 bits per heavy atom. The maximum atomic E-state index is 5.86. The van der Waals surface area contributed by atoms with Gasteiger partial charge in [0.15, 0.2) is 0 Å². The zero-order valence-electron chi connectivity index (χ0n) is 8.64. The van der Waals surface area contributed by atoms with Crippen LogP contribution >= 0.6 is 0 Å². The van der Waals surface area contributed by atoms with Gasteiger partial charge in [0.05, 0.1) is 18.8 Å². The molecule has 3 atom stereocenters. The number of rotatable bonds is 1. The molecule has 0 bridgehead atoms. The Hall–Kier alpha value is -0.860. The molecule has 1 aliphatic heterocycles. The molecule has 2 rings (SSSR count). The maximum Gasteiger partial charge on any atom is 0.106 e. The van der Waals surface area contributed by atoms with Crippen molar-refractivity contribution >= 4 is 0 Å². The van der Waals surface area contributed by atoms with Crippen LogP contribution in [0.2, 0.25) is 0 Å². The Balaban J connectivity index is 2.07. The maximum absolute atomic E-state index is 5.86. The van der Waals surface area contributed by atoms with Crippen LogP contribution in [-0.2, 0) is 9.47 Å². The van der Waals surface area contributed by atoms with Crippen LogP contribution in [0, 0.1) is 0 Å². The number of hydrogen-bond acceptors (Lipinski definition) is 2. The van der Waals surface area contributed by atoms with Gasteiger partial charge in [-0.15, -0.1) is 0 Å². The van der Waals surface area contributed by atoms with Gasteiger partial charge in [0, 0.05) is 0 Å². The first-order valence-electron chi connectivity index (χ1n) is 5.09. The van der Waals surface area contributed by atoms with E-state index in [0.717, 1.165) is 0 Å². The molecule has 1 heterocycles. The van der Waals surface area contributed by atoms with Gasteiger partial charge in [-0.25, -0.2) is 0 Å². The van der Waals surface area contributed by atoms with Crippen molar-refractivity contribution in [1.82, 2.24) is 0 Å². The third-order valence-electron chi connectivity index (χ3n) is 2.72. The molecule has 2 heteroatoms. The smallest absolute Gasteiger partial charge is 0.106 e. The highest BCUT2D eigenvalue weighted by molar-refractivity contribution is 5.18. The summed E-state index contributed by atoms with van der Waals surface area (Å²) in [6.07, 6.45) is 0.478. The highest BCUT2D eigenvalue weighted by Crippen LogP contribution is 2.25. The lowest BCUT2D eigenvalue weighted by Gasteiger charge is -2.33. The van der Waals surface area contributed by atoms with Crippen LogP contribution in [0.1, 0.15) is 25.5 Å². The molecule has 1 aliphatic rings. The third kappa shape index (κ3) is 1.97. The van der Waals surface area contributed by atoms with Crippen LogP contribution in [0.5, 0.6) is 0 Å². The first-order chi connectivity index (χ1) is 6.77. The molecular formula is C12H16O2. The minimum absolute atomic E-state index is 0.0994. The molecule has 14 heavy (non-hydrogen) atoms. The standard InChI is InChI=1S/C12H16O2/c1-9-10(2)14-12(8-13-9)11-6-4-3-5-7-11/h3-7,9-10,12H,8H2,1-2H3/t9-,10-,12+/m1/s1. The Morgan fingerprint density at radius 3 is 2.43 bits per heavy atom. The van der Waals surface area contributed by atoms with Crippen molar-refractivity contribution in [3.8, 4) is 0 Å². The summed E-state index contributed by atoms with van der Waals surface area (Å²) in [6.45, 7) is 4.77. The third-order valence-corrected chi connectivity index (χ3v) is 2.72. The van der Waals surface area contributed by atoms with Crippen molar-refractivity contribution in [3.05, 3.63) is 35.9 Å². The topological polar surface area (TPSA) is 18.5 Å². The van der Waals surface area contributed by atoms with Crippen LogP contribution in [0.25, 0.3) is 0 Å². The van der Waals surface area contributed by atoms with Crippen molar-refractivity contribution in [1.29, 1.82) is 0 Å². The fraction of sp³-hybridized carbons (Fsp3) is 0.500. The van der Waals surface area contributed by atoms with Gasteiger partial charge in [-0.05, 0) is 19.4 Å². The predicted octanol–water partition coefficient (Wildman–Crippen LogP) is 2.55. The SMILES string of the molecule is C[C@H]1OC[C@@H](c2ccccc2)O[C@@H]1C. The van der Waals surface area contributed by atoms with Crippen LogP contribution in [0.15, 0.2) is 30.3 Å². The summed E-state index contributed by atoms with van der Waals surface area (Å²) in [5.41, 5.74) is 1.20. The van der Waals surface area contributed by atoms with Gasteiger partial charge in [0.25, 0.3) is 0 Å². The lowest BCUT2D eigenvalue weighted by Crippen LogP contribution is -2.36. The van der Waals surface area contributed by atoms with Crippen LogP contribution in [0.4, 0.5) is 0 Å². The number of benzene rings is 1. The summed E-state index contributed by atoms with van der Waals surface area (Å²) in [6, 6.07) is 10.2. The molecule has 1 fully saturated rings. The second-order valence-corrected chi connectivity index (χ2v) is 3.78. The second-order valence-electron chi connectivity index (χ2n) is 3.78. The van der Waals surface area contributed by atoms with Crippen molar-refractivity contribution in [3.63, 3.8) is 0 Å². The summed E-state index contributed by atoms with van der Waals surface area (Å²) < 4.78 is 11.5. The molecule has 0 saturated carbocycles. The van der Waals surface area contributed by atoms with Crippen molar-refractivity contribution in [2.75, 3.05) is 6.61 Å². The molecule has 0 amide bonds. The summed E-state index contributed by atoms with van der Waals surface area (Å²) in [7, 11) is 0. The van der Waals surface area contributed by atoms with E-state index in [0.29, 0.717) is 6.61 Å². The molecule has 0 unspecified atom stereocenters. The Morgan fingerprint density at radius 1 is 1.07 bits per heavy atom. The van der Waals surface area contributed by atoms with Gasteiger partial charge in [0.1, 0.15) is 6.10 Å². The normalized spacial score (nSPS) is 32.9. The lowest BCUT2D eigenvalue weighted by molar-refractivity contribution is -0.170. The van der Waals surface area contributed by atoms with Crippen LogP contribution < -0.4 is 0 Å². The van der Waals surface area contributed by atoms with E-state index in [1.165, 1.54) is 5.56 Å². The van der Waals surface area contributed by atoms with Gasteiger partial charge < -0.3 is 9.47 Å². The molecule has 0 radical (unpaired) electrons. The minimum atomic E-state index is 0.0994. The summed E-state index contributed by atoms with van der Waals surface area (Å²) >= 11 is 0. The van der Waals surface area contributed by atoms with Gasteiger partial charge in [-0.2, -0.15) is 0 Å². The zero-order chi connectivity index (χ0) is 9.97. The molecule has 2 nitrogen and oxygen atoms in total. The van der Waals surface area contributed by atoms with E-state index in [1.807, 2.05) is 25.1 Å². The van der Waals surface area contributed by atoms with E-state index in [1.54, 1.807) is 0 Å².